The van der Waals surface area contributed by atoms with Crippen LogP contribution in [0.2, 0.25) is 0 Å². The van der Waals surface area contributed by atoms with Crippen molar-refractivity contribution in [3.8, 4) is 6.07 Å². The van der Waals surface area contributed by atoms with Crippen LogP contribution in [0.5, 0.6) is 0 Å². The van der Waals surface area contributed by atoms with Gasteiger partial charge in [-0.15, -0.1) is 12.4 Å². The second kappa shape index (κ2) is 4.45. The van der Waals surface area contributed by atoms with Gasteiger partial charge in [-0.25, -0.2) is 0 Å². The van der Waals surface area contributed by atoms with Crippen molar-refractivity contribution in [1.82, 2.24) is 5.32 Å². The second-order valence-corrected chi connectivity index (χ2v) is 4.58. The Morgan fingerprint density at radius 2 is 1.81 bits per heavy atom. The van der Waals surface area contributed by atoms with Crippen LogP contribution in [0.25, 0.3) is 0 Å². The molecule has 2 heterocycles. The fraction of sp³-hybridized carbons (Fsp3) is 0.462. The third kappa shape index (κ3) is 1.71. The Morgan fingerprint density at radius 1 is 1.12 bits per heavy atom. The van der Waals surface area contributed by atoms with E-state index >= 15 is 0 Å². The molecule has 1 aliphatic carbocycles. The molecule has 1 N–H and O–H groups in total. The Morgan fingerprint density at radius 3 is 2.50 bits per heavy atom. The summed E-state index contributed by atoms with van der Waals surface area (Å²) in [5.41, 5.74) is 3.71. The maximum Gasteiger partial charge on any atom is 0.0991 e. The van der Waals surface area contributed by atoms with E-state index in [1.165, 1.54) is 24.0 Å². The SMILES string of the molecule is Cl.N#Cc1ccc2c(c1)C1CCC2CNC1. The molecule has 2 nitrogen and oxygen atoms in total. The number of nitrogens with zero attached hydrogens (tertiary/aromatic N) is 1. The third-order valence-corrected chi connectivity index (χ3v) is 3.74. The molecule has 0 aromatic heterocycles. The van der Waals surface area contributed by atoms with Crippen molar-refractivity contribution in [3.05, 3.63) is 34.9 Å². The highest BCUT2D eigenvalue weighted by Gasteiger charge is 2.30. The standard InChI is InChI=1S/C13H14N2.ClH/c14-6-9-1-4-12-10-2-3-11(8-15-7-10)13(12)5-9;/h1,4-5,10-11,15H,2-3,7-8H2;1H. The van der Waals surface area contributed by atoms with Gasteiger partial charge in [-0.1, -0.05) is 6.07 Å². The van der Waals surface area contributed by atoms with Crippen molar-refractivity contribution in [2.75, 3.05) is 13.1 Å². The lowest BCUT2D eigenvalue weighted by molar-refractivity contribution is 0.549. The van der Waals surface area contributed by atoms with Gasteiger partial charge in [0.15, 0.2) is 0 Å². The van der Waals surface area contributed by atoms with E-state index in [-0.39, 0.29) is 12.4 Å². The average molecular weight is 235 g/mol. The van der Waals surface area contributed by atoms with Crippen LogP contribution in [0.1, 0.15) is 41.4 Å². The van der Waals surface area contributed by atoms with Gasteiger partial charge < -0.3 is 5.32 Å². The third-order valence-electron chi connectivity index (χ3n) is 3.74. The Hall–Kier alpha value is -1.04. The van der Waals surface area contributed by atoms with Gasteiger partial charge >= 0.3 is 0 Å². The average Bonchev–Trinajstić information content (AvgIpc) is 2.62. The molecule has 84 valence electrons. The molecule has 4 rings (SSSR count). The molecular weight excluding hydrogens is 220 g/mol. The van der Waals surface area contributed by atoms with Crippen LogP contribution >= 0.6 is 12.4 Å². The van der Waals surface area contributed by atoms with Crippen LogP contribution in [-0.4, -0.2) is 13.1 Å². The summed E-state index contributed by atoms with van der Waals surface area (Å²) in [4.78, 5) is 0. The van der Waals surface area contributed by atoms with Crippen LogP contribution < -0.4 is 5.32 Å². The van der Waals surface area contributed by atoms with Gasteiger partial charge in [-0.3, -0.25) is 0 Å². The predicted molar refractivity (Wildman–Crippen MR) is 66.0 cm³/mol. The summed E-state index contributed by atoms with van der Waals surface area (Å²) in [6, 6.07) is 8.46. The molecule has 0 saturated carbocycles. The van der Waals surface area contributed by atoms with E-state index in [9.17, 15) is 0 Å². The molecule has 16 heavy (non-hydrogen) atoms. The molecule has 3 heteroatoms. The van der Waals surface area contributed by atoms with Crippen LogP contribution in [-0.2, 0) is 0 Å². The lowest BCUT2D eigenvalue weighted by Gasteiger charge is -2.26. The molecule has 1 aromatic rings. The number of nitriles is 1. The highest BCUT2D eigenvalue weighted by molar-refractivity contribution is 5.85. The smallest absolute Gasteiger partial charge is 0.0991 e. The molecule has 2 aliphatic heterocycles. The Bertz CT molecular complexity index is 432. The number of hydrogen-bond acceptors (Lipinski definition) is 2. The molecule has 0 radical (unpaired) electrons. The van der Waals surface area contributed by atoms with E-state index in [1.54, 1.807) is 0 Å². The summed E-state index contributed by atoms with van der Waals surface area (Å²) < 4.78 is 0. The van der Waals surface area contributed by atoms with E-state index in [0.29, 0.717) is 11.8 Å². The molecule has 1 fully saturated rings. The Balaban J connectivity index is 0.000000963. The van der Waals surface area contributed by atoms with E-state index in [1.807, 2.05) is 6.07 Å². The first-order chi connectivity index (χ1) is 7.38. The van der Waals surface area contributed by atoms with Gasteiger partial charge in [0, 0.05) is 13.1 Å². The van der Waals surface area contributed by atoms with E-state index in [2.05, 4.69) is 23.5 Å². The Kier molecular flexibility index (Phi) is 3.18. The zero-order chi connectivity index (χ0) is 10.3. The summed E-state index contributed by atoms with van der Waals surface area (Å²) in [5.74, 6) is 1.30. The molecule has 0 amide bonds. The summed E-state index contributed by atoms with van der Waals surface area (Å²) in [5, 5.41) is 12.4. The van der Waals surface area contributed by atoms with Gasteiger partial charge in [0.1, 0.15) is 0 Å². The fourth-order valence-electron chi connectivity index (χ4n) is 2.94. The molecular formula is C13H15ClN2. The topological polar surface area (TPSA) is 35.8 Å². The number of rotatable bonds is 0. The molecule has 1 saturated heterocycles. The maximum absolute atomic E-state index is 8.91. The van der Waals surface area contributed by atoms with Gasteiger partial charge in [0.2, 0.25) is 0 Å². The van der Waals surface area contributed by atoms with Gasteiger partial charge in [-0.2, -0.15) is 5.26 Å². The molecule has 0 spiro atoms. The van der Waals surface area contributed by atoms with Crippen LogP contribution in [0.3, 0.4) is 0 Å². The van der Waals surface area contributed by atoms with Crippen molar-refractivity contribution in [2.45, 2.75) is 24.7 Å². The zero-order valence-electron chi connectivity index (χ0n) is 9.07. The molecule has 2 unspecified atom stereocenters. The summed E-state index contributed by atoms with van der Waals surface area (Å²) in [6.45, 7) is 2.19. The van der Waals surface area contributed by atoms with Gasteiger partial charge in [0.25, 0.3) is 0 Å². The minimum atomic E-state index is 0. The molecule has 1 aromatic carbocycles. The number of fused-ring (bicyclic) bond motifs is 3. The Labute approximate surface area is 102 Å². The van der Waals surface area contributed by atoms with Crippen molar-refractivity contribution < 1.29 is 0 Å². The second-order valence-electron chi connectivity index (χ2n) is 4.58. The first kappa shape index (κ1) is 11.4. The van der Waals surface area contributed by atoms with Crippen molar-refractivity contribution >= 4 is 12.4 Å². The van der Waals surface area contributed by atoms with Crippen molar-refractivity contribution in [1.29, 1.82) is 5.26 Å². The highest BCUT2D eigenvalue weighted by Crippen LogP contribution is 2.40. The fourth-order valence-corrected chi connectivity index (χ4v) is 2.94. The maximum atomic E-state index is 8.91. The number of hydrogen-bond donors (Lipinski definition) is 1. The molecule has 2 bridgehead atoms. The first-order valence-electron chi connectivity index (χ1n) is 5.63. The largest absolute Gasteiger partial charge is 0.316 e. The minimum absolute atomic E-state index is 0. The van der Waals surface area contributed by atoms with Crippen molar-refractivity contribution in [2.24, 2.45) is 0 Å². The van der Waals surface area contributed by atoms with Gasteiger partial charge in [0.05, 0.1) is 11.6 Å². The zero-order valence-corrected chi connectivity index (χ0v) is 9.89. The van der Waals surface area contributed by atoms with Crippen LogP contribution in [0.15, 0.2) is 18.2 Å². The molecule has 3 aliphatic rings. The number of nitrogens with one attached hydrogen (secondary N) is 1. The van der Waals surface area contributed by atoms with E-state index in [4.69, 9.17) is 5.26 Å². The normalized spacial score (nSPS) is 26.2. The lowest BCUT2D eigenvalue weighted by Crippen LogP contribution is -2.18. The predicted octanol–water partition coefficient (Wildman–Crippen LogP) is 2.54. The minimum Gasteiger partial charge on any atom is -0.316 e. The van der Waals surface area contributed by atoms with Crippen LogP contribution in [0, 0.1) is 11.3 Å². The number of halogens is 1. The lowest BCUT2D eigenvalue weighted by atomic mass is 9.78. The quantitative estimate of drug-likeness (QED) is 0.749. The molecule has 2 atom stereocenters. The summed E-state index contributed by atoms with van der Waals surface area (Å²) >= 11 is 0. The first-order valence-corrected chi connectivity index (χ1v) is 5.63. The van der Waals surface area contributed by atoms with Crippen LogP contribution in [0.4, 0.5) is 0 Å². The monoisotopic (exact) mass is 234 g/mol. The van der Waals surface area contributed by atoms with E-state index < -0.39 is 0 Å². The number of benzene rings is 1. The van der Waals surface area contributed by atoms with Crippen molar-refractivity contribution in [3.63, 3.8) is 0 Å². The van der Waals surface area contributed by atoms with Gasteiger partial charge in [-0.05, 0) is 47.9 Å². The summed E-state index contributed by atoms with van der Waals surface area (Å²) in [7, 11) is 0. The summed E-state index contributed by atoms with van der Waals surface area (Å²) in [6.07, 6.45) is 2.58. The highest BCUT2D eigenvalue weighted by atomic mass is 35.5. The van der Waals surface area contributed by atoms with E-state index in [0.717, 1.165) is 18.7 Å².